The molecule has 102 valence electrons. The van der Waals surface area contributed by atoms with E-state index in [4.69, 9.17) is 0 Å². The average molecular weight is 247 g/mol. The first-order chi connectivity index (χ1) is 8.67. The monoisotopic (exact) mass is 247 g/mol. The Bertz CT molecular complexity index is 332. The summed E-state index contributed by atoms with van der Waals surface area (Å²) in [5, 5.41) is 3.71. The number of hydrogen-bond acceptors (Lipinski definition) is 1. The molecule has 0 aliphatic rings. The van der Waals surface area contributed by atoms with Gasteiger partial charge in [-0.15, -0.1) is 0 Å². The van der Waals surface area contributed by atoms with Gasteiger partial charge < -0.3 is 5.32 Å². The maximum Gasteiger partial charge on any atom is 0.00671 e. The number of rotatable bonds is 8. The average Bonchev–Trinajstić information content (AvgIpc) is 2.39. The van der Waals surface area contributed by atoms with Gasteiger partial charge in [-0.2, -0.15) is 0 Å². The first kappa shape index (κ1) is 15.2. The highest BCUT2D eigenvalue weighted by atomic mass is 14.9. The lowest BCUT2D eigenvalue weighted by Crippen LogP contribution is -2.31. The fraction of sp³-hybridized carbons (Fsp3) is 0.647. The lowest BCUT2D eigenvalue weighted by atomic mass is 9.97. The van der Waals surface area contributed by atoms with Crippen LogP contribution in [0.2, 0.25) is 0 Å². The molecule has 0 fully saturated rings. The van der Waals surface area contributed by atoms with Gasteiger partial charge >= 0.3 is 0 Å². The van der Waals surface area contributed by atoms with Crippen molar-refractivity contribution in [2.75, 3.05) is 6.54 Å². The van der Waals surface area contributed by atoms with Crippen molar-refractivity contribution in [3.05, 3.63) is 35.4 Å². The first-order valence-electron chi connectivity index (χ1n) is 7.45. The molecule has 0 aromatic heterocycles. The van der Waals surface area contributed by atoms with Crippen LogP contribution in [0.4, 0.5) is 0 Å². The Kier molecular flexibility index (Phi) is 7.04. The summed E-state index contributed by atoms with van der Waals surface area (Å²) in [5.74, 6) is 0.834. The van der Waals surface area contributed by atoms with Crippen molar-refractivity contribution in [1.29, 1.82) is 0 Å². The van der Waals surface area contributed by atoms with Crippen molar-refractivity contribution in [2.45, 2.75) is 59.4 Å². The highest BCUT2D eigenvalue weighted by Crippen LogP contribution is 2.12. The third-order valence-electron chi connectivity index (χ3n) is 3.97. The zero-order chi connectivity index (χ0) is 13.4. The van der Waals surface area contributed by atoms with Crippen LogP contribution in [0, 0.1) is 12.8 Å². The van der Waals surface area contributed by atoms with Crippen LogP contribution in [0.1, 0.15) is 51.2 Å². The van der Waals surface area contributed by atoms with E-state index in [1.807, 2.05) is 0 Å². The third kappa shape index (κ3) is 5.22. The van der Waals surface area contributed by atoms with Crippen LogP contribution in [-0.4, -0.2) is 12.6 Å². The standard InChI is InChI=1S/C17H29N/c1-5-14(3)13-17(6-2)18-12-11-16-10-8-7-9-15(16)4/h7-10,14,17-18H,5-6,11-13H2,1-4H3. The molecule has 0 radical (unpaired) electrons. The Balaban J connectivity index is 2.33. The molecule has 18 heavy (non-hydrogen) atoms. The van der Waals surface area contributed by atoms with Crippen LogP contribution in [0.5, 0.6) is 0 Å². The summed E-state index contributed by atoms with van der Waals surface area (Å²) >= 11 is 0. The Labute approximate surface area is 113 Å². The maximum atomic E-state index is 3.71. The molecule has 0 spiro atoms. The van der Waals surface area contributed by atoms with Crippen LogP contribution in [0.15, 0.2) is 24.3 Å². The van der Waals surface area contributed by atoms with Gasteiger partial charge in [0.25, 0.3) is 0 Å². The fourth-order valence-corrected chi connectivity index (χ4v) is 2.35. The van der Waals surface area contributed by atoms with Gasteiger partial charge in [0.2, 0.25) is 0 Å². The molecule has 0 saturated carbocycles. The number of benzene rings is 1. The second kappa shape index (κ2) is 8.31. The van der Waals surface area contributed by atoms with Gasteiger partial charge in [0.05, 0.1) is 0 Å². The van der Waals surface area contributed by atoms with E-state index in [2.05, 4.69) is 57.3 Å². The van der Waals surface area contributed by atoms with Crippen molar-refractivity contribution >= 4 is 0 Å². The van der Waals surface area contributed by atoms with Gasteiger partial charge in [0, 0.05) is 6.04 Å². The van der Waals surface area contributed by atoms with Crippen molar-refractivity contribution < 1.29 is 0 Å². The zero-order valence-corrected chi connectivity index (χ0v) is 12.5. The largest absolute Gasteiger partial charge is 0.314 e. The summed E-state index contributed by atoms with van der Waals surface area (Å²) < 4.78 is 0. The molecule has 1 heteroatoms. The topological polar surface area (TPSA) is 12.0 Å². The Morgan fingerprint density at radius 3 is 2.44 bits per heavy atom. The Morgan fingerprint density at radius 2 is 1.83 bits per heavy atom. The van der Waals surface area contributed by atoms with E-state index in [-0.39, 0.29) is 0 Å². The fourth-order valence-electron chi connectivity index (χ4n) is 2.35. The molecule has 2 atom stereocenters. The van der Waals surface area contributed by atoms with E-state index >= 15 is 0 Å². The molecular formula is C17H29N. The smallest absolute Gasteiger partial charge is 0.00671 e. The molecule has 0 heterocycles. The number of aryl methyl sites for hydroxylation is 1. The molecule has 1 aromatic rings. The summed E-state index contributed by atoms with van der Waals surface area (Å²) in [6.45, 7) is 10.2. The van der Waals surface area contributed by atoms with E-state index in [9.17, 15) is 0 Å². The SMILES string of the molecule is CCC(C)CC(CC)NCCc1ccccc1C. The molecule has 1 N–H and O–H groups in total. The molecule has 0 aliphatic heterocycles. The quantitative estimate of drug-likeness (QED) is 0.720. The molecule has 1 nitrogen and oxygen atoms in total. The highest BCUT2D eigenvalue weighted by Gasteiger charge is 2.09. The van der Waals surface area contributed by atoms with Crippen LogP contribution in [0.25, 0.3) is 0 Å². The van der Waals surface area contributed by atoms with Crippen molar-refractivity contribution in [1.82, 2.24) is 5.32 Å². The van der Waals surface area contributed by atoms with E-state index in [0.717, 1.165) is 18.9 Å². The normalized spacial score (nSPS) is 14.4. The van der Waals surface area contributed by atoms with Gasteiger partial charge in [-0.3, -0.25) is 0 Å². The lowest BCUT2D eigenvalue weighted by Gasteiger charge is -2.20. The van der Waals surface area contributed by atoms with Gasteiger partial charge in [-0.05, 0) is 49.8 Å². The predicted molar refractivity (Wildman–Crippen MR) is 81.0 cm³/mol. The first-order valence-corrected chi connectivity index (χ1v) is 7.45. The van der Waals surface area contributed by atoms with Crippen LogP contribution < -0.4 is 5.32 Å². The van der Waals surface area contributed by atoms with Crippen LogP contribution >= 0.6 is 0 Å². The molecular weight excluding hydrogens is 218 g/mol. The van der Waals surface area contributed by atoms with Crippen LogP contribution in [0.3, 0.4) is 0 Å². The molecule has 0 amide bonds. The lowest BCUT2D eigenvalue weighted by molar-refractivity contribution is 0.387. The number of hydrogen-bond donors (Lipinski definition) is 1. The summed E-state index contributed by atoms with van der Waals surface area (Å²) in [5.41, 5.74) is 2.89. The van der Waals surface area contributed by atoms with E-state index < -0.39 is 0 Å². The summed E-state index contributed by atoms with van der Waals surface area (Å²) in [6.07, 6.45) is 4.97. The minimum absolute atomic E-state index is 0.684. The molecule has 1 aromatic carbocycles. The number of nitrogens with one attached hydrogen (secondary N) is 1. The van der Waals surface area contributed by atoms with Crippen molar-refractivity contribution in [3.8, 4) is 0 Å². The summed E-state index contributed by atoms with van der Waals surface area (Å²) in [7, 11) is 0. The van der Waals surface area contributed by atoms with Gasteiger partial charge in [0.1, 0.15) is 0 Å². The second-order valence-corrected chi connectivity index (χ2v) is 5.48. The summed E-state index contributed by atoms with van der Waals surface area (Å²) in [4.78, 5) is 0. The van der Waals surface area contributed by atoms with Crippen molar-refractivity contribution in [3.63, 3.8) is 0 Å². The molecule has 2 unspecified atom stereocenters. The minimum atomic E-state index is 0.684. The molecule has 0 saturated heterocycles. The van der Waals surface area contributed by atoms with E-state index in [1.165, 1.54) is 30.4 Å². The molecule has 1 rings (SSSR count). The minimum Gasteiger partial charge on any atom is -0.314 e. The van der Waals surface area contributed by atoms with Gasteiger partial charge in [-0.1, -0.05) is 51.5 Å². The van der Waals surface area contributed by atoms with E-state index in [1.54, 1.807) is 0 Å². The molecule has 0 bridgehead atoms. The third-order valence-corrected chi connectivity index (χ3v) is 3.97. The maximum absolute atomic E-state index is 3.71. The molecule has 0 aliphatic carbocycles. The van der Waals surface area contributed by atoms with Gasteiger partial charge in [0.15, 0.2) is 0 Å². The Morgan fingerprint density at radius 1 is 1.11 bits per heavy atom. The highest BCUT2D eigenvalue weighted by molar-refractivity contribution is 5.25. The second-order valence-electron chi connectivity index (χ2n) is 5.48. The zero-order valence-electron chi connectivity index (χ0n) is 12.5. The van der Waals surface area contributed by atoms with Crippen LogP contribution in [-0.2, 0) is 6.42 Å². The predicted octanol–water partition coefficient (Wildman–Crippen LogP) is 4.34. The van der Waals surface area contributed by atoms with Crippen molar-refractivity contribution in [2.24, 2.45) is 5.92 Å². The van der Waals surface area contributed by atoms with E-state index in [0.29, 0.717) is 6.04 Å². The summed E-state index contributed by atoms with van der Waals surface area (Å²) in [6, 6.07) is 9.38. The Hall–Kier alpha value is -0.820. The van der Waals surface area contributed by atoms with Gasteiger partial charge in [-0.25, -0.2) is 0 Å².